The van der Waals surface area contributed by atoms with Crippen molar-refractivity contribution in [3.05, 3.63) is 94.8 Å². The van der Waals surface area contributed by atoms with Crippen LogP contribution >= 0.6 is 0 Å². The highest BCUT2D eigenvalue weighted by Crippen LogP contribution is 2.61. The number of aliphatic hydroxyl groups is 2. The van der Waals surface area contributed by atoms with Crippen LogP contribution in [0.3, 0.4) is 0 Å². The third-order valence-corrected chi connectivity index (χ3v) is 13.5. The molecular weight excluding hydrogens is 763 g/mol. The van der Waals surface area contributed by atoms with Crippen molar-refractivity contribution in [3.8, 4) is 16.9 Å². The molecule has 2 heterocycles. The maximum atomic E-state index is 14.3. The van der Waals surface area contributed by atoms with Crippen LogP contribution in [0.4, 0.5) is 5.69 Å². The fourth-order valence-corrected chi connectivity index (χ4v) is 9.97. The minimum absolute atomic E-state index is 0.0103. The van der Waals surface area contributed by atoms with Gasteiger partial charge in [0.25, 0.3) is 5.91 Å². The van der Waals surface area contributed by atoms with Gasteiger partial charge in [-0.15, -0.1) is 0 Å². The van der Waals surface area contributed by atoms with E-state index in [9.17, 15) is 24.6 Å². The Morgan fingerprint density at radius 2 is 1.75 bits per heavy atom. The van der Waals surface area contributed by atoms with Crippen LogP contribution in [0.25, 0.3) is 11.1 Å². The second-order valence-corrected chi connectivity index (χ2v) is 17.7. The lowest BCUT2D eigenvalue weighted by molar-refractivity contribution is -0.182. The Balaban J connectivity index is 1.17. The summed E-state index contributed by atoms with van der Waals surface area (Å²) >= 11 is 0. The number of para-hydroxylation sites is 1. The molecule has 4 N–H and O–H groups in total. The van der Waals surface area contributed by atoms with Crippen LogP contribution < -0.4 is 20.3 Å². The Labute approximate surface area is 353 Å². The molecule has 2 aliphatic heterocycles. The summed E-state index contributed by atoms with van der Waals surface area (Å²) in [7, 11) is 5.37. The third kappa shape index (κ3) is 8.63. The summed E-state index contributed by atoms with van der Waals surface area (Å²) < 4.78 is 11.6. The highest BCUT2D eigenvalue weighted by atomic mass is 16.7. The van der Waals surface area contributed by atoms with Crippen molar-refractivity contribution in [1.29, 1.82) is 0 Å². The molecule has 322 valence electrons. The van der Waals surface area contributed by atoms with Crippen molar-refractivity contribution >= 4 is 23.4 Å². The number of hydrogen-bond donors (Lipinski definition) is 4. The molecule has 8 rings (SSSR count). The smallest absolute Gasteiger partial charge is 0.252 e. The van der Waals surface area contributed by atoms with Crippen LogP contribution in [0.15, 0.2) is 78.1 Å². The van der Waals surface area contributed by atoms with E-state index in [0.29, 0.717) is 84.1 Å². The number of hydroxylamine groups is 2. The van der Waals surface area contributed by atoms with E-state index in [4.69, 9.17) is 14.3 Å². The molecular formula is C47H61N5O8. The van der Waals surface area contributed by atoms with E-state index in [-0.39, 0.29) is 41.5 Å². The molecule has 0 aromatic heterocycles. The van der Waals surface area contributed by atoms with Gasteiger partial charge in [-0.05, 0) is 72.3 Å². The van der Waals surface area contributed by atoms with Gasteiger partial charge >= 0.3 is 0 Å². The van der Waals surface area contributed by atoms with Gasteiger partial charge in [-0.2, -0.15) is 5.06 Å². The summed E-state index contributed by atoms with van der Waals surface area (Å²) in [5, 5.41) is 29.2. The van der Waals surface area contributed by atoms with Crippen molar-refractivity contribution in [1.82, 2.24) is 20.6 Å². The molecule has 3 saturated carbocycles. The summed E-state index contributed by atoms with van der Waals surface area (Å²) in [5.74, 6) is 0.967. The zero-order valence-electron chi connectivity index (χ0n) is 35.9. The molecule has 3 aromatic carbocycles. The molecule has 2 bridgehead atoms. The van der Waals surface area contributed by atoms with Gasteiger partial charge in [-0.3, -0.25) is 19.2 Å². The number of morpholine rings is 1. The van der Waals surface area contributed by atoms with E-state index in [1.54, 1.807) is 24.1 Å². The van der Waals surface area contributed by atoms with Crippen molar-refractivity contribution in [2.75, 3.05) is 59.0 Å². The number of rotatable bonds is 13. The number of methoxy groups -OCH3 is 1. The van der Waals surface area contributed by atoms with Gasteiger partial charge in [0, 0.05) is 67.6 Å². The number of allylic oxidation sites excluding steroid dienone is 1. The fourth-order valence-electron chi connectivity index (χ4n) is 9.97. The molecule has 3 amide bonds. The first-order valence-electron chi connectivity index (χ1n) is 21.2. The predicted molar refractivity (Wildman–Crippen MR) is 229 cm³/mol. The van der Waals surface area contributed by atoms with Crippen molar-refractivity contribution in [3.63, 3.8) is 0 Å². The molecule has 7 atom stereocenters. The summed E-state index contributed by atoms with van der Waals surface area (Å²) in [6.07, 6.45) is 1.49. The number of benzene rings is 3. The molecule has 0 unspecified atom stereocenters. The van der Waals surface area contributed by atoms with Crippen LogP contribution in [0, 0.1) is 23.2 Å². The summed E-state index contributed by atoms with van der Waals surface area (Å²) in [6.45, 7) is 9.85. The standard InChI is InChI=1S/C47H61N5O8/c1-28-37-24-34(47(37,3)4)25-38(28)48-45(56)42-41(29(2)54)40(27-53)60-52(42)26-31-14-11-15-36(43(31)58-7)32-21-33(23-35(22-32)50(5)6)44(55)49-39(20-30-12-9-8-10-13-30)46(57)51-16-18-59-19-17-51/h8-15,21-23,28,34,37-40,42,53-54H,16-20,24-27H2,1-7H3,(H,48,56)(H,49,55)/b41-29+/t28-,34+,37-,38-,39-,40-,42-/m0/s1. The summed E-state index contributed by atoms with van der Waals surface area (Å²) in [5.41, 5.74) is 4.73. The van der Waals surface area contributed by atoms with Crippen LogP contribution in [0.2, 0.25) is 0 Å². The van der Waals surface area contributed by atoms with E-state index in [1.807, 2.05) is 73.6 Å². The highest BCUT2D eigenvalue weighted by Gasteiger charge is 2.57. The Kier molecular flexibility index (Phi) is 12.9. The van der Waals surface area contributed by atoms with Crippen molar-refractivity contribution in [2.45, 2.75) is 77.7 Å². The quantitative estimate of drug-likeness (QED) is 0.171. The maximum absolute atomic E-state index is 14.3. The summed E-state index contributed by atoms with van der Waals surface area (Å²) in [6, 6.07) is 19.1. The monoisotopic (exact) mass is 823 g/mol. The largest absolute Gasteiger partial charge is 0.512 e. The number of aliphatic hydroxyl groups excluding tert-OH is 2. The van der Waals surface area contributed by atoms with Crippen molar-refractivity contribution < 1.29 is 38.9 Å². The molecule has 5 fully saturated rings. The van der Waals surface area contributed by atoms with E-state index >= 15 is 0 Å². The predicted octanol–water partition coefficient (Wildman–Crippen LogP) is 5.12. The van der Waals surface area contributed by atoms with E-state index < -0.39 is 24.8 Å². The number of carbonyl (C=O) groups excluding carboxylic acids is 3. The summed E-state index contributed by atoms with van der Waals surface area (Å²) in [4.78, 5) is 52.3. The van der Waals surface area contributed by atoms with Crippen LogP contribution in [-0.4, -0.2) is 116 Å². The minimum atomic E-state index is -0.990. The minimum Gasteiger partial charge on any atom is -0.512 e. The molecule has 0 radical (unpaired) electrons. The number of fused-ring (bicyclic) bond motifs is 2. The number of anilines is 1. The number of amides is 3. The van der Waals surface area contributed by atoms with Gasteiger partial charge in [0.05, 0.1) is 39.2 Å². The zero-order chi connectivity index (χ0) is 42.9. The number of ether oxygens (including phenoxy) is 2. The molecule has 0 spiro atoms. The molecule has 13 nitrogen and oxygen atoms in total. The second kappa shape index (κ2) is 18.0. The van der Waals surface area contributed by atoms with E-state index in [2.05, 4.69) is 31.4 Å². The Bertz CT molecular complexity index is 2080. The van der Waals surface area contributed by atoms with Crippen molar-refractivity contribution in [2.24, 2.45) is 23.2 Å². The lowest BCUT2D eigenvalue weighted by Gasteiger charge is -2.62. The molecule has 60 heavy (non-hydrogen) atoms. The van der Waals surface area contributed by atoms with Crippen LogP contribution in [0.1, 0.15) is 62.0 Å². The first-order chi connectivity index (χ1) is 28.7. The van der Waals surface area contributed by atoms with E-state index in [1.165, 1.54) is 18.4 Å². The Hall–Kier alpha value is -4.95. The van der Waals surface area contributed by atoms with Gasteiger partial charge in [0.15, 0.2) is 0 Å². The molecule has 5 aliphatic rings. The molecule has 3 aromatic rings. The molecule has 2 saturated heterocycles. The first kappa shape index (κ1) is 43.1. The van der Waals surface area contributed by atoms with Gasteiger partial charge in [0.1, 0.15) is 23.9 Å². The second-order valence-electron chi connectivity index (χ2n) is 17.7. The number of hydrogen-bond acceptors (Lipinski definition) is 10. The number of nitrogens with zero attached hydrogens (tertiary/aromatic N) is 3. The Morgan fingerprint density at radius 3 is 2.38 bits per heavy atom. The van der Waals surface area contributed by atoms with E-state index in [0.717, 1.165) is 17.7 Å². The lowest BCUT2D eigenvalue weighted by atomic mass is 9.45. The van der Waals surface area contributed by atoms with Gasteiger partial charge in [-0.1, -0.05) is 69.3 Å². The topological polar surface area (TPSA) is 153 Å². The SMILES string of the molecule is COc1c(CN2O[C@@H](CO)/C(=C(/C)O)[C@H]2C(=O)N[C@H]2C[C@H]3C[C@@H]([C@@H]2C)C3(C)C)cccc1-c1cc(C(=O)N[C@@H](Cc2ccccc2)C(=O)N2CCOCC2)cc(N(C)C)c1. The van der Waals surface area contributed by atoms with Crippen LogP contribution in [-0.2, 0) is 32.1 Å². The maximum Gasteiger partial charge on any atom is 0.252 e. The first-order valence-corrected chi connectivity index (χ1v) is 21.2. The zero-order valence-corrected chi connectivity index (χ0v) is 35.9. The van der Waals surface area contributed by atoms with Gasteiger partial charge < -0.3 is 40.1 Å². The lowest BCUT2D eigenvalue weighted by Crippen LogP contribution is -2.62. The third-order valence-electron chi connectivity index (χ3n) is 13.5. The van der Waals surface area contributed by atoms with Gasteiger partial charge in [-0.25, -0.2) is 0 Å². The highest BCUT2D eigenvalue weighted by molar-refractivity contribution is 6.00. The Morgan fingerprint density at radius 1 is 1.02 bits per heavy atom. The normalized spacial score (nSPS) is 26.1. The van der Waals surface area contributed by atoms with Gasteiger partial charge in [0.2, 0.25) is 11.8 Å². The number of carbonyl (C=O) groups is 3. The average molecular weight is 824 g/mol. The molecule has 3 aliphatic carbocycles. The average Bonchev–Trinajstić information content (AvgIpc) is 3.62. The fraction of sp³-hybridized carbons (Fsp3) is 0.511. The molecule has 13 heteroatoms. The van der Waals surface area contributed by atoms with Crippen LogP contribution in [0.5, 0.6) is 5.75 Å². The number of nitrogens with one attached hydrogen (secondary N) is 2.